The van der Waals surface area contributed by atoms with E-state index in [9.17, 15) is 4.79 Å². The van der Waals surface area contributed by atoms with E-state index in [4.69, 9.17) is 5.11 Å². The van der Waals surface area contributed by atoms with Crippen LogP contribution in [0.15, 0.2) is 46.7 Å². The number of aromatic nitrogens is 2. The molecular formula is C12H10N2O2S. The lowest BCUT2D eigenvalue weighted by molar-refractivity contribution is 0.0696. The first-order valence-corrected chi connectivity index (χ1v) is 5.76. The SMILES string of the molecule is Cc1ccnc(Sc2ccc(C(=O)O)cn2)c1. The predicted octanol–water partition coefficient (Wildman–Crippen LogP) is 2.63. The van der Waals surface area contributed by atoms with Gasteiger partial charge in [0.15, 0.2) is 0 Å². The van der Waals surface area contributed by atoms with E-state index in [0.29, 0.717) is 0 Å². The lowest BCUT2D eigenvalue weighted by Crippen LogP contribution is -1.96. The molecule has 86 valence electrons. The Morgan fingerprint density at radius 3 is 2.65 bits per heavy atom. The summed E-state index contributed by atoms with van der Waals surface area (Å²) in [5.41, 5.74) is 1.32. The third-order valence-electron chi connectivity index (χ3n) is 2.08. The van der Waals surface area contributed by atoms with Crippen molar-refractivity contribution >= 4 is 17.7 Å². The first-order valence-electron chi connectivity index (χ1n) is 4.95. The molecule has 0 aromatic carbocycles. The van der Waals surface area contributed by atoms with Crippen LogP contribution in [0.2, 0.25) is 0 Å². The summed E-state index contributed by atoms with van der Waals surface area (Å²) < 4.78 is 0. The number of aryl methyl sites for hydroxylation is 1. The van der Waals surface area contributed by atoms with E-state index in [1.807, 2.05) is 19.1 Å². The summed E-state index contributed by atoms with van der Waals surface area (Å²) in [5.74, 6) is -0.970. The molecule has 1 N–H and O–H groups in total. The van der Waals surface area contributed by atoms with E-state index in [1.165, 1.54) is 24.0 Å². The number of nitrogens with zero attached hydrogens (tertiary/aromatic N) is 2. The van der Waals surface area contributed by atoms with Gasteiger partial charge in [-0.3, -0.25) is 0 Å². The van der Waals surface area contributed by atoms with Crippen molar-refractivity contribution in [2.24, 2.45) is 0 Å². The van der Waals surface area contributed by atoms with Crippen LogP contribution in [0.3, 0.4) is 0 Å². The van der Waals surface area contributed by atoms with Crippen LogP contribution in [-0.2, 0) is 0 Å². The van der Waals surface area contributed by atoms with Gasteiger partial charge in [-0.25, -0.2) is 14.8 Å². The van der Waals surface area contributed by atoms with Gasteiger partial charge >= 0.3 is 5.97 Å². The normalized spacial score (nSPS) is 10.2. The smallest absolute Gasteiger partial charge is 0.337 e. The number of carboxylic acids is 1. The van der Waals surface area contributed by atoms with E-state index in [-0.39, 0.29) is 5.56 Å². The molecule has 0 spiro atoms. The van der Waals surface area contributed by atoms with Crippen LogP contribution >= 0.6 is 11.8 Å². The van der Waals surface area contributed by atoms with Crippen molar-refractivity contribution in [3.63, 3.8) is 0 Å². The molecule has 5 heteroatoms. The Bertz CT molecular complexity index is 540. The number of aromatic carboxylic acids is 1. The third-order valence-corrected chi connectivity index (χ3v) is 2.97. The number of carboxylic acid groups (broad SMARTS) is 1. The third kappa shape index (κ3) is 3.04. The quantitative estimate of drug-likeness (QED) is 0.902. The van der Waals surface area contributed by atoms with Crippen LogP contribution < -0.4 is 0 Å². The predicted molar refractivity (Wildman–Crippen MR) is 64.3 cm³/mol. The molecule has 0 atom stereocenters. The highest BCUT2D eigenvalue weighted by Crippen LogP contribution is 2.24. The summed E-state index contributed by atoms with van der Waals surface area (Å²) in [5, 5.41) is 10.3. The monoisotopic (exact) mass is 246 g/mol. The average Bonchev–Trinajstić information content (AvgIpc) is 2.29. The molecule has 0 fully saturated rings. The van der Waals surface area contributed by atoms with Gasteiger partial charge in [0.1, 0.15) is 10.1 Å². The van der Waals surface area contributed by atoms with Gasteiger partial charge in [-0.1, -0.05) is 11.8 Å². The molecule has 0 bridgehead atoms. The second kappa shape index (κ2) is 4.97. The summed E-state index contributed by atoms with van der Waals surface area (Å²) in [7, 11) is 0. The van der Waals surface area contributed by atoms with Crippen LogP contribution in [-0.4, -0.2) is 21.0 Å². The van der Waals surface area contributed by atoms with Crippen molar-refractivity contribution in [3.8, 4) is 0 Å². The first-order chi connectivity index (χ1) is 8.15. The number of hydrogen-bond donors (Lipinski definition) is 1. The number of rotatable bonds is 3. The highest BCUT2D eigenvalue weighted by molar-refractivity contribution is 7.99. The Labute approximate surface area is 103 Å². The van der Waals surface area contributed by atoms with Gasteiger partial charge in [-0.2, -0.15) is 0 Å². The molecular weight excluding hydrogens is 236 g/mol. The summed E-state index contributed by atoms with van der Waals surface area (Å²) >= 11 is 1.41. The molecule has 2 heterocycles. The van der Waals surface area contributed by atoms with Gasteiger partial charge < -0.3 is 5.11 Å². The molecule has 2 aromatic rings. The van der Waals surface area contributed by atoms with Gasteiger partial charge in [0.25, 0.3) is 0 Å². The zero-order valence-corrected chi connectivity index (χ0v) is 9.94. The van der Waals surface area contributed by atoms with E-state index in [1.54, 1.807) is 12.3 Å². The Morgan fingerprint density at radius 2 is 2.06 bits per heavy atom. The molecule has 0 saturated heterocycles. The fourth-order valence-corrected chi connectivity index (χ4v) is 2.05. The summed E-state index contributed by atoms with van der Waals surface area (Å²) in [4.78, 5) is 18.9. The molecule has 0 unspecified atom stereocenters. The van der Waals surface area contributed by atoms with E-state index in [0.717, 1.165) is 15.6 Å². The molecule has 17 heavy (non-hydrogen) atoms. The average molecular weight is 246 g/mol. The zero-order chi connectivity index (χ0) is 12.3. The fraction of sp³-hybridized carbons (Fsp3) is 0.0833. The summed E-state index contributed by atoms with van der Waals surface area (Å²) in [6, 6.07) is 7.09. The topological polar surface area (TPSA) is 63.1 Å². The van der Waals surface area contributed by atoms with Crippen molar-refractivity contribution < 1.29 is 9.90 Å². The summed E-state index contributed by atoms with van der Waals surface area (Å²) in [6.45, 7) is 1.99. The minimum absolute atomic E-state index is 0.187. The van der Waals surface area contributed by atoms with E-state index < -0.39 is 5.97 Å². The summed E-state index contributed by atoms with van der Waals surface area (Å²) in [6.07, 6.45) is 3.09. The van der Waals surface area contributed by atoms with Crippen LogP contribution in [0.25, 0.3) is 0 Å². The van der Waals surface area contributed by atoms with Crippen LogP contribution in [0.4, 0.5) is 0 Å². The van der Waals surface area contributed by atoms with Gasteiger partial charge in [0.2, 0.25) is 0 Å². The van der Waals surface area contributed by atoms with Crippen molar-refractivity contribution in [1.82, 2.24) is 9.97 Å². The largest absolute Gasteiger partial charge is 0.478 e. The van der Waals surface area contributed by atoms with Gasteiger partial charge in [0.05, 0.1) is 5.56 Å². The Kier molecular flexibility index (Phi) is 3.39. The molecule has 0 aliphatic carbocycles. The maximum Gasteiger partial charge on any atom is 0.337 e. The maximum absolute atomic E-state index is 10.7. The molecule has 0 aliphatic rings. The zero-order valence-electron chi connectivity index (χ0n) is 9.12. The molecule has 0 radical (unpaired) electrons. The Balaban J connectivity index is 2.16. The second-order valence-electron chi connectivity index (χ2n) is 3.46. The molecule has 4 nitrogen and oxygen atoms in total. The molecule has 0 amide bonds. The number of carbonyl (C=O) groups is 1. The highest BCUT2D eigenvalue weighted by atomic mass is 32.2. The minimum Gasteiger partial charge on any atom is -0.478 e. The van der Waals surface area contributed by atoms with E-state index >= 15 is 0 Å². The van der Waals surface area contributed by atoms with Gasteiger partial charge in [0, 0.05) is 12.4 Å². The lowest BCUT2D eigenvalue weighted by Gasteiger charge is -2.01. The van der Waals surface area contributed by atoms with Crippen LogP contribution in [0.5, 0.6) is 0 Å². The Hall–Kier alpha value is -1.88. The van der Waals surface area contributed by atoms with Crippen molar-refractivity contribution in [1.29, 1.82) is 0 Å². The maximum atomic E-state index is 10.7. The van der Waals surface area contributed by atoms with Crippen LogP contribution in [0.1, 0.15) is 15.9 Å². The highest BCUT2D eigenvalue weighted by Gasteiger charge is 2.04. The van der Waals surface area contributed by atoms with Crippen molar-refractivity contribution in [3.05, 3.63) is 47.8 Å². The standard InChI is InChI=1S/C12H10N2O2S/c1-8-4-5-13-11(6-8)17-10-3-2-9(7-14-10)12(15)16/h2-7H,1H3,(H,15,16). The number of hydrogen-bond acceptors (Lipinski definition) is 4. The minimum atomic E-state index is -0.970. The molecule has 2 rings (SSSR count). The fourth-order valence-electron chi connectivity index (χ4n) is 1.24. The lowest BCUT2D eigenvalue weighted by atomic mass is 10.3. The molecule has 2 aromatic heterocycles. The van der Waals surface area contributed by atoms with Crippen molar-refractivity contribution in [2.45, 2.75) is 17.0 Å². The first kappa shape index (κ1) is 11.6. The van der Waals surface area contributed by atoms with Crippen molar-refractivity contribution in [2.75, 3.05) is 0 Å². The number of pyridine rings is 2. The Morgan fingerprint density at radius 1 is 1.24 bits per heavy atom. The molecule has 0 saturated carbocycles. The van der Waals surface area contributed by atoms with E-state index in [2.05, 4.69) is 9.97 Å². The van der Waals surface area contributed by atoms with Gasteiger partial charge in [-0.15, -0.1) is 0 Å². The van der Waals surface area contributed by atoms with Crippen LogP contribution in [0, 0.1) is 6.92 Å². The second-order valence-corrected chi connectivity index (χ2v) is 4.50. The van der Waals surface area contributed by atoms with Gasteiger partial charge in [-0.05, 0) is 36.8 Å². The molecule has 0 aliphatic heterocycles.